The third kappa shape index (κ3) is 30.9. The van der Waals surface area contributed by atoms with Crippen LogP contribution in [0.3, 0.4) is 0 Å². The average Bonchev–Trinajstić information content (AvgIpc) is 0.771. The molecule has 3 aromatic heterocycles. The second-order valence-electron chi connectivity index (χ2n) is 49.8. The third-order valence-electron chi connectivity index (χ3n) is 33.6. The van der Waals surface area contributed by atoms with E-state index in [2.05, 4.69) is 325 Å². The molecule has 0 bridgehead atoms. The fourth-order valence-electron chi connectivity index (χ4n) is 24.4. The number of nitrogens with one attached hydrogen (secondary N) is 3. The van der Waals surface area contributed by atoms with Gasteiger partial charge in [-0.3, -0.25) is 29.4 Å². The number of ether oxygens (including phenoxy) is 6. The predicted molar refractivity (Wildman–Crippen MR) is 576 cm³/mol. The molecule has 0 amide bonds. The van der Waals surface area contributed by atoms with Crippen LogP contribution in [-0.2, 0) is 28.4 Å². The molecule has 0 saturated carbocycles. The van der Waals surface area contributed by atoms with E-state index in [0.717, 1.165) is 148 Å². The zero-order chi connectivity index (χ0) is 102. The lowest BCUT2D eigenvalue weighted by Crippen LogP contribution is -2.63. The van der Waals surface area contributed by atoms with Gasteiger partial charge in [-0.25, -0.2) is 0 Å². The molecule has 6 saturated heterocycles. The van der Waals surface area contributed by atoms with Crippen molar-refractivity contribution >= 4 is 53.5 Å². The fourth-order valence-corrected chi connectivity index (χ4v) is 24.4. The smallest absolute Gasteiger partial charge is 0.232 e. The molecule has 6 fully saturated rings. The molecule has 9 rings (SSSR count). The van der Waals surface area contributed by atoms with Gasteiger partial charge in [-0.1, -0.05) is 48.0 Å². The highest BCUT2D eigenvalue weighted by molar-refractivity contribution is 5.51. The Morgan fingerprint density at radius 2 is 0.406 bits per heavy atom. The van der Waals surface area contributed by atoms with Crippen LogP contribution in [0, 0.1) is 5.92 Å². The minimum atomic E-state index is -0.114. The number of hydrogen-bond acceptors (Lipinski definition) is 30. The first-order valence-corrected chi connectivity index (χ1v) is 54.6. The van der Waals surface area contributed by atoms with E-state index in [0.29, 0.717) is 192 Å². The SMILES string of the molecule is CCCOCCN(c1nc(NCCCCC(CCCNc2nc(N(CCOCCC)C3CC(C)(C)N(C)C(C)(C)C3)nc(N(CCOCCC)C3CC(C)(C)N(C)C(C)(C)C3)n2)CNc2nc(N(CCOCCC)C3CC(C)(C)N(C)C(C)(C)C3)nc(N(CCOCCC)C3CC(C)(C)N(C)C(C)(C)C3)n2)nc(N(CCOCCC)C2CC(C)(C)N(C)C(C)(C)C2)n1)C1CC(C)(C)N(C)C(C)(C)C1. The van der Waals surface area contributed by atoms with Gasteiger partial charge in [0, 0.05) is 201 Å². The van der Waals surface area contributed by atoms with E-state index < -0.39 is 0 Å². The van der Waals surface area contributed by atoms with Gasteiger partial charge in [-0.05, 0) is 356 Å². The first-order chi connectivity index (χ1) is 64.6. The van der Waals surface area contributed by atoms with E-state index in [-0.39, 0.29) is 109 Å². The van der Waals surface area contributed by atoms with Crippen LogP contribution in [-0.4, -0.2) is 357 Å². The Balaban J connectivity index is 1.16. The normalized spacial score (nSPS) is 22.3. The summed E-state index contributed by atoms with van der Waals surface area (Å²) in [4.78, 5) is 81.5. The summed E-state index contributed by atoms with van der Waals surface area (Å²) in [6.07, 6.45) is 21.3. The number of rotatable bonds is 56. The van der Waals surface area contributed by atoms with E-state index in [1.165, 1.54) is 0 Å². The number of anilines is 9. The Bertz CT molecular complexity index is 3790. The molecule has 794 valence electrons. The summed E-state index contributed by atoms with van der Waals surface area (Å²) >= 11 is 0. The van der Waals surface area contributed by atoms with Gasteiger partial charge in [0.05, 0.1) is 39.6 Å². The van der Waals surface area contributed by atoms with Gasteiger partial charge in [0.2, 0.25) is 53.5 Å². The number of unbranched alkanes of at least 4 members (excludes halogenated alkanes) is 1. The summed E-state index contributed by atoms with van der Waals surface area (Å²) in [6, 6.07) is 0.757. The van der Waals surface area contributed by atoms with E-state index in [9.17, 15) is 0 Å². The second kappa shape index (κ2) is 49.8. The third-order valence-corrected chi connectivity index (χ3v) is 33.6. The van der Waals surface area contributed by atoms with Crippen LogP contribution >= 0.6 is 0 Å². The highest BCUT2D eigenvalue weighted by Crippen LogP contribution is 2.48. The standard InChI is InChI=1S/C108H206N24O6/c1-37-56-133-62-50-127(82-68-97(7,8)121(31)98(9,10)69-82)91-112-88(113-92(118-91)128(51-63-134-57-38-2)83-70-99(11,12)122(32)100(13,14)71-83)109-48-44-43-46-81(80-111-90-116-95(131(54-66-137-60-41-5)86-76-105(23,24)125(35)106(25,26)77-86)120-96(117-90)132(55-67-138-61-42-6)87-78-107(27,28)126(36)108(29,30)79-87)47-45-49-110-89-114-93(129(52-64-135-58-39-3)84-72-101(15,16)123(33)102(17,18)73-84)119-94(115-89)130(53-65-136-59-40-4)85-74-103(19,20)124(34)104(21,22)75-85/h81-87H,37-80H2,1-36H3,(H,109,112,113,118)(H,110,114,115,119)(H,111,116,117,120). The number of aromatic nitrogens is 9. The number of hydrogen-bond donors (Lipinski definition) is 3. The minimum absolute atomic E-state index is 0.0938. The molecular formula is C108H206N24O6. The van der Waals surface area contributed by atoms with Crippen molar-refractivity contribution in [1.29, 1.82) is 0 Å². The topological polar surface area (TPSA) is 246 Å². The molecule has 0 radical (unpaired) electrons. The van der Waals surface area contributed by atoms with Gasteiger partial charge in [0.1, 0.15) is 0 Å². The summed E-state index contributed by atoms with van der Waals surface area (Å²) in [7, 11) is 13.8. The molecule has 3 aromatic rings. The van der Waals surface area contributed by atoms with Gasteiger partial charge in [-0.15, -0.1) is 0 Å². The van der Waals surface area contributed by atoms with Crippen molar-refractivity contribution in [3.8, 4) is 0 Å². The molecule has 9 heterocycles. The summed E-state index contributed by atoms with van der Waals surface area (Å²) in [5.74, 6) is 6.08. The van der Waals surface area contributed by atoms with E-state index in [1.54, 1.807) is 0 Å². The molecule has 0 aliphatic carbocycles. The summed E-state index contributed by atoms with van der Waals surface area (Å²) in [6.45, 7) is 83.9. The maximum atomic E-state index is 6.49. The van der Waals surface area contributed by atoms with Crippen LogP contribution in [0.2, 0.25) is 0 Å². The first-order valence-electron chi connectivity index (χ1n) is 54.6. The monoisotopic (exact) mass is 1940 g/mol. The van der Waals surface area contributed by atoms with E-state index in [4.69, 9.17) is 73.3 Å². The number of piperidine rings is 6. The predicted octanol–water partition coefficient (Wildman–Crippen LogP) is 18.8. The molecular weight excluding hydrogens is 1730 g/mol. The van der Waals surface area contributed by atoms with Crippen LogP contribution < -0.4 is 45.3 Å². The van der Waals surface area contributed by atoms with E-state index in [1.807, 2.05) is 0 Å². The molecule has 0 spiro atoms. The summed E-state index contributed by atoms with van der Waals surface area (Å²) in [5.41, 5.74) is -1.24. The van der Waals surface area contributed by atoms with Crippen LogP contribution in [0.25, 0.3) is 0 Å². The largest absolute Gasteiger partial charge is 0.380 e. The molecule has 3 N–H and O–H groups in total. The summed E-state index contributed by atoms with van der Waals surface area (Å²) < 4.78 is 38.8. The quantitative estimate of drug-likeness (QED) is 0.0445. The molecule has 30 nitrogen and oxygen atoms in total. The minimum Gasteiger partial charge on any atom is -0.380 e. The van der Waals surface area contributed by atoms with Crippen molar-refractivity contribution < 1.29 is 28.4 Å². The highest BCUT2D eigenvalue weighted by atomic mass is 16.5. The number of nitrogens with zero attached hydrogens (tertiary/aromatic N) is 21. The van der Waals surface area contributed by atoms with Crippen molar-refractivity contribution in [3.05, 3.63) is 0 Å². The molecule has 6 aliphatic rings. The Kier molecular flexibility index (Phi) is 41.9. The van der Waals surface area contributed by atoms with Gasteiger partial charge < -0.3 is 73.8 Å². The maximum absolute atomic E-state index is 6.49. The van der Waals surface area contributed by atoms with Gasteiger partial charge in [0.25, 0.3) is 0 Å². The average molecular weight is 1940 g/mol. The molecule has 30 heteroatoms. The molecule has 138 heavy (non-hydrogen) atoms. The van der Waals surface area contributed by atoms with Crippen molar-refractivity contribution in [2.45, 2.75) is 458 Å². The van der Waals surface area contributed by atoms with Crippen molar-refractivity contribution in [2.24, 2.45) is 5.92 Å². The highest BCUT2D eigenvalue weighted by Gasteiger charge is 2.53. The van der Waals surface area contributed by atoms with Crippen LogP contribution in [0.1, 0.15) is 355 Å². The Labute approximate surface area is 841 Å². The van der Waals surface area contributed by atoms with Crippen molar-refractivity contribution in [1.82, 2.24) is 74.3 Å². The first kappa shape index (κ1) is 116. The Hall–Kier alpha value is -5.25. The van der Waals surface area contributed by atoms with Crippen molar-refractivity contribution in [3.63, 3.8) is 0 Å². The Morgan fingerprint density at radius 3 is 0.587 bits per heavy atom. The van der Waals surface area contributed by atoms with E-state index >= 15 is 0 Å². The lowest BCUT2D eigenvalue weighted by molar-refractivity contribution is -0.0144. The Morgan fingerprint density at radius 1 is 0.239 bits per heavy atom. The van der Waals surface area contributed by atoms with Crippen LogP contribution in [0.5, 0.6) is 0 Å². The lowest BCUT2D eigenvalue weighted by Gasteiger charge is -2.56. The zero-order valence-corrected chi connectivity index (χ0v) is 95.0. The van der Waals surface area contributed by atoms with Gasteiger partial charge in [0.15, 0.2) is 0 Å². The van der Waals surface area contributed by atoms with Crippen LogP contribution in [0.4, 0.5) is 53.5 Å². The molecule has 1 unspecified atom stereocenters. The number of likely N-dealkylation sites (tertiary alicyclic amines) is 6. The molecule has 1 atom stereocenters. The van der Waals surface area contributed by atoms with Gasteiger partial charge in [-0.2, -0.15) is 44.9 Å². The van der Waals surface area contributed by atoms with Crippen LogP contribution in [0.15, 0.2) is 0 Å². The van der Waals surface area contributed by atoms with Crippen molar-refractivity contribution in [2.75, 3.05) is 226 Å². The second-order valence-corrected chi connectivity index (χ2v) is 49.8. The molecule has 6 aliphatic heterocycles. The fraction of sp³-hybridized carbons (Fsp3) is 0.917. The molecule has 0 aromatic carbocycles. The lowest BCUT2D eigenvalue weighted by atomic mass is 9.77. The summed E-state index contributed by atoms with van der Waals surface area (Å²) in [5, 5.41) is 12.0. The van der Waals surface area contributed by atoms with Gasteiger partial charge >= 0.3 is 0 Å². The maximum Gasteiger partial charge on any atom is 0.232 e. The zero-order valence-electron chi connectivity index (χ0n) is 95.0.